The summed E-state index contributed by atoms with van der Waals surface area (Å²) in [6, 6.07) is 20.1. The number of aryl methyl sites for hydroxylation is 1. The van der Waals surface area contributed by atoms with Crippen LogP contribution in [0.3, 0.4) is 0 Å². The van der Waals surface area contributed by atoms with Crippen molar-refractivity contribution < 1.29 is 19.1 Å². The van der Waals surface area contributed by atoms with Crippen LogP contribution in [0.25, 0.3) is 0 Å². The first-order valence-corrected chi connectivity index (χ1v) is 11.7. The Morgan fingerprint density at radius 1 is 1.03 bits per heavy atom. The number of carbonyl (C=O) groups is 3. The number of imide groups is 1. The molecule has 3 amide bonds. The summed E-state index contributed by atoms with van der Waals surface area (Å²) in [5, 5.41) is 2.92. The fourth-order valence-corrected chi connectivity index (χ4v) is 5.09. The Kier molecular flexibility index (Phi) is 6.89. The van der Waals surface area contributed by atoms with Gasteiger partial charge in [-0.05, 0) is 38.0 Å². The number of ketones is 1. The molecular formula is C28H31N3O4. The van der Waals surface area contributed by atoms with E-state index in [0.717, 1.165) is 21.9 Å². The van der Waals surface area contributed by atoms with Crippen molar-refractivity contribution in [2.45, 2.75) is 38.8 Å². The molecule has 1 N–H and O–H groups in total. The van der Waals surface area contributed by atoms with E-state index < -0.39 is 17.5 Å². The van der Waals surface area contributed by atoms with E-state index in [9.17, 15) is 14.4 Å². The third-order valence-electron chi connectivity index (χ3n) is 6.69. The summed E-state index contributed by atoms with van der Waals surface area (Å²) >= 11 is 0. The fraction of sp³-hybridized carbons (Fsp3) is 0.321. The van der Waals surface area contributed by atoms with Gasteiger partial charge in [0.2, 0.25) is 0 Å². The highest BCUT2D eigenvalue weighted by Crippen LogP contribution is 2.33. The van der Waals surface area contributed by atoms with Gasteiger partial charge in [-0.2, -0.15) is 0 Å². The number of hydrogen-bond acceptors (Lipinski definition) is 4. The van der Waals surface area contributed by atoms with Crippen LogP contribution in [0, 0.1) is 13.8 Å². The van der Waals surface area contributed by atoms with Crippen LogP contribution in [0.2, 0.25) is 0 Å². The Bertz CT molecular complexity index is 1240. The molecule has 2 heterocycles. The highest BCUT2D eigenvalue weighted by Gasteiger charge is 2.52. The molecule has 2 aromatic carbocycles. The molecule has 0 unspecified atom stereocenters. The molecule has 3 aromatic rings. The van der Waals surface area contributed by atoms with E-state index >= 15 is 0 Å². The van der Waals surface area contributed by atoms with E-state index in [1.807, 2.05) is 92.1 Å². The Balaban J connectivity index is 1.65. The van der Waals surface area contributed by atoms with Crippen molar-refractivity contribution in [1.29, 1.82) is 0 Å². The summed E-state index contributed by atoms with van der Waals surface area (Å²) in [6.45, 7) is 6.02. The number of rotatable bonds is 9. The lowest BCUT2D eigenvalue weighted by Crippen LogP contribution is -2.46. The predicted octanol–water partition coefficient (Wildman–Crippen LogP) is 4.19. The second kappa shape index (κ2) is 9.88. The second-order valence-electron chi connectivity index (χ2n) is 9.14. The second-order valence-corrected chi connectivity index (χ2v) is 9.14. The van der Waals surface area contributed by atoms with Crippen LogP contribution in [0.1, 0.15) is 45.8 Å². The number of nitrogens with zero attached hydrogens (tertiary/aromatic N) is 2. The van der Waals surface area contributed by atoms with Gasteiger partial charge in [-0.3, -0.25) is 14.5 Å². The molecule has 7 heteroatoms. The van der Waals surface area contributed by atoms with Crippen LogP contribution in [0.5, 0.6) is 0 Å². The van der Waals surface area contributed by atoms with Crippen LogP contribution < -0.4 is 5.32 Å². The van der Waals surface area contributed by atoms with Crippen molar-refractivity contribution in [2.75, 3.05) is 20.3 Å². The highest BCUT2D eigenvalue weighted by atomic mass is 16.5. The topological polar surface area (TPSA) is 80.6 Å². The van der Waals surface area contributed by atoms with Crippen LogP contribution in [0.15, 0.2) is 66.7 Å². The van der Waals surface area contributed by atoms with Crippen LogP contribution in [-0.2, 0) is 21.5 Å². The van der Waals surface area contributed by atoms with Crippen molar-refractivity contribution in [1.82, 2.24) is 14.8 Å². The molecule has 2 atom stereocenters. The molecule has 0 saturated carbocycles. The number of nitrogens with one attached hydrogen (secondary N) is 1. The SMILES string of the molecule is COC[C@H](C)n1c(C)cc(C(=O)CN2C(=O)N[C@](Cc3ccccc3)(c3ccccc3)C2=O)c1C. The van der Waals surface area contributed by atoms with E-state index in [1.54, 1.807) is 7.11 Å². The summed E-state index contributed by atoms with van der Waals surface area (Å²) in [5.74, 6) is -0.700. The maximum atomic E-state index is 13.8. The number of ether oxygens (including phenoxy) is 1. The molecule has 4 rings (SSSR count). The quantitative estimate of drug-likeness (QED) is 0.373. The van der Waals surface area contributed by atoms with Crippen molar-refractivity contribution in [3.63, 3.8) is 0 Å². The van der Waals surface area contributed by atoms with E-state index in [-0.39, 0.29) is 24.8 Å². The molecule has 0 aliphatic carbocycles. The van der Waals surface area contributed by atoms with Gasteiger partial charge >= 0.3 is 6.03 Å². The first-order valence-electron chi connectivity index (χ1n) is 11.7. The van der Waals surface area contributed by atoms with Crippen molar-refractivity contribution >= 4 is 17.7 Å². The van der Waals surface area contributed by atoms with Gasteiger partial charge < -0.3 is 14.6 Å². The highest BCUT2D eigenvalue weighted by molar-refractivity contribution is 6.11. The lowest BCUT2D eigenvalue weighted by Gasteiger charge is -2.27. The van der Waals surface area contributed by atoms with Crippen LogP contribution >= 0.6 is 0 Å². The van der Waals surface area contributed by atoms with Crippen molar-refractivity contribution in [3.8, 4) is 0 Å². The Morgan fingerprint density at radius 3 is 2.29 bits per heavy atom. The number of Topliss-reactive ketones (excluding diaryl/α,β-unsaturated/α-hetero) is 1. The van der Waals surface area contributed by atoms with Crippen LogP contribution in [-0.4, -0.2) is 47.4 Å². The molecule has 1 fully saturated rings. The molecule has 1 saturated heterocycles. The zero-order valence-electron chi connectivity index (χ0n) is 20.6. The summed E-state index contributed by atoms with van der Waals surface area (Å²) in [5.41, 5.74) is 2.55. The Hall–Kier alpha value is -3.71. The molecule has 182 valence electrons. The number of methoxy groups -OCH3 is 1. The Labute approximate surface area is 205 Å². The molecule has 7 nitrogen and oxygen atoms in total. The minimum atomic E-state index is -1.27. The lowest BCUT2D eigenvalue weighted by atomic mass is 9.83. The third kappa shape index (κ3) is 4.51. The number of benzene rings is 2. The zero-order valence-corrected chi connectivity index (χ0v) is 20.6. The number of amides is 3. The monoisotopic (exact) mass is 473 g/mol. The van der Waals surface area contributed by atoms with Gasteiger partial charge in [0.25, 0.3) is 5.91 Å². The average Bonchev–Trinajstić information content (AvgIpc) is 3.28. The largest absolute Gasteiger partial charge is 0.383 e. The first-order chi connectivity index (χ1) is 16.8. The van der Waals surface area contributed by atoms with Gasteiger partial charge in [-0.25, -0.2) is 4.79 Å². The maximum Gasteiger partial charge on any atom is 0.325 e. The molecule has 1 aliphatic heterocycles. The summed E-state index contributed by atoms with van der Waals surface area (Å²) < 4.78 is 7.32. The van der Waals surface area contributed by atoms with E-state index in [1.165, 1.54) is 0 Å². The smallest absolute Gasteiger partial charge is 0.325 e. The lowest BCUT2D eigenvalue weighted by molar-refractivity contribution is -0.131. The molecule has 0 radical (unpaired) electrons. The van der Waals surface area contributed by atoms with Gasteiger partial charge in [-0.1, -0.05) is 60.7 Å². The van der Waals surface area contributed by atoms with Crippen molar-refractivity contribution in [2.24, 2.45) is 0 Å². The number of carbonyl (C=O) groups excluding carboxylic acids is 3. The summed E-state index contributed by atoms with van der Waals surface area (Å²) in [7, 11) is 1.64. The van der Waals surface area contributed by atoms with Gasteiger partial charge in [0.05, 0.1) is 19.2 Å². The molecular weight excluding hydrogens is 442 g/mol. The molecule has 0 spiro atoms. The maximum absolute atomic E-state index is 13.8. The minimum absolute atomic E-state index is 0.0508. The van der Waals surface area contributed by atoms with Gasteiger partial charge in [0.1, 0.15) is 0 Å². The normalized spacial score (nSPS) is 18.6. The van der Waals surface area contributed by atoms with E-state index in [2.05, 4.69) is 5.32 Å². The Morgan fingerprint density at radius 2 is 1.66 bits per heavy atom. The zero-order chi connectivity index (χ0) is 25.2. The fourth-order valence-electron chi connectivity index (χ4n) is 5.09. The summed E-state index contributed by atoms with van der Waals surface area (Å²) in [6.07, 6.45) is 0.288. The minimum Gasteiger partial charge on any atom is -0.383 e. The average molecular weight is 474 g/mol. The van der Waals surface area contributed by atoms with Gasteiger partial charge in [-0.15, -0.1) is 0 Å². The van der Waals surface area contributed by atoms with Gasteiger partial charge in [0.15, 0.2) is 11.3 Å². The number of urea groups is 1. The molecule has 1 aromatic heterocycles. The van der Waals surface area contributed by atoms with E-state index in [4.69, 9.17) is 4.74 Å². The molecule has 1 aliphatic rings. The van der Waals surface area contributed by atoms with Crippen molar-refractivity contribution in [3.05, 3.63) is 94.8 Å². The number of aromatic nitrogens is 1. The van der Waals surface area contributed by atoms with E-state index in [0.29, 0.717) is 17.7 Å². The summed E-state index contributed by atoms with van der Waals surface area (Å²) in [4.78, 5) is 41.3. The molecule has 35 heavy (non-hydrogen) atoms. The standard InChI is InChI=1S/C28H31N3O4/c1-19-15-24(21(3)31(19)20(2)18-35-4)25(32)17-30-26(33)28(29-27(30)34,23-13-9-6-10-14-23)16-22-11-7-5-8-12-22/h5-15,20H,16-18H2,1-4H3,(H,29,34)/t20-,28+/m0/s1. The first kappa shape index (κ1) is 24.4. The third-order valence-corrected chi connectivity index (χ3v) is 6.69. The van der Waals surface area contributed by atoms with Gasteiger partial charge in [0, 0.05) is 30.5 Å². The van der Waals surface area contributed by atoms with Crippen LogP contribution in [0.4, 0.5) is 4.79 Å². The predicted molar refractivity (Wildman–Crippen MR) is 133 cm³/mol. The molecule has 0 bridgehead atoms. The number of hydrogen-bond donors (Lipinski definition) is 1.